The van der Waals surface area contributed by atoms with Crippen LogP contribution in [0.4, 0.5) is 4.79 Å². The Hall–Kier alpha value is -1.92. The molecule has 6 heteroatoms. The monoisotopic (exact) mass is 333 g/mol. The number of aliphatic hydroxyl groups excluding tert-OH is 1. The first kappa shape index (κ1) is 17.4. The van der Waals surface area contributed by atoms with Crippen molar-refractivity contribution in [3.05, 3.63) is 52.0 Å². The van der Waals surface area contributed by atoms with Crippen LogP contribution in [0.2, 0.25) is 0 Å². The highest BCUT2D eigenvalue weighted by Crippen LogP contribution is 2.17. The maximum atomic E-state index is 11.8. The van der Waals surface area contributed by atoms with E-state index in [1.54, 1.807) is 11.3 Å². The molecule has 0 spiro atoms. The molecule has 0 aliphatic carbocycles. The van der Waals surface area contributed by atoms with Gasteiger partial charge < -0.3 is 15.7 Å². The van der Waals surface area contributed by atoms with Crippen LogP contribution < -0.4 is 10.6 Å². The van der Waals surface area contributed by atoms with E-state index in [1.165, 1.54) is 0 Å². The molecule has 0 bridgehead atoms. The van der Waals surface area contributed by atoms with Gasteiger partial charge in [0.1, 0.15) is 5.01 Å². The van der Waals surface area contributed by atoms with Crippen molar-refractivity contribution in [2.75, 3.05) is 6.54 Å². The molecule has 1 unspecified atom stereocenters. The smallest absolute Gasteiger partial charge is 0.315 e. The zero-order chi connectivity index (χ0) is 16.7. The second kappa shape index (κ2) is 8.64. The summed E-state index contributed by atoms with van der Waals surface area (Å²) in [5.74, 6) is 0.391. The van der Waals surface area contributed by atoms with Gasteiger partial charge in [0, 0.05) is 18.3 Å². The minimum absolute atomic E-state index is 0.218. The number of urea groups is 1. The zero-order valence-electron chi connectivity index (χ0n) is 13.5. The maximum Gasteiger partial charge on any atom is 0.315 e. The summed E-state index contributed by atoms with van der Waals surface area (Å²) in [7, 11) is 0. The molecule has 0 radical (unpaired) electrons. The van der Waals surface area contributed by atoms with E-state index in [0.717, 1.165) is 16.3 Å². The van der Waals surface area contributed by atoms with E-state index in [0.29, 0.717) is 18.9 Å². The lowest BCUT2D eigenvalue weighted by molar-refractivity contribution is 0.170. The normalized spacial score (nSPS) is 12.2. The van der Waals surface area contributed by atoms with Crippen LogP contribution in [0.3, 0.4) is 0 Å². The molecule has 1 heterocycles. The van der Waals surface area contributed by atoms with Crippen molar-refractivity contribution < 1.29 is 9.90 Å². The average Bonchev–Trinajstić information content (AvgIpc) is 3.01. The molecule has 0 saturated carbocycles. The molecular weight excluding hydrogens is 310 g/mol. The first-order valence-corrected chi connectivity index (χ1v) is 8.60. The van der Waals surface area contributed by atoms with Gasteiger partial charge in [-0.2, -0.15) is 0 Å². The molecule has 23 heavy (non-hydrogen) atoms. The highest BCUT2D eigenvalue weighted by Gasteiger charge is 2.09. The van der Waals surface area contributed by atoms with Crippen molar-refractivity contribution in [2.24, 2.45) is 0 Å². The van der Waals surface area contributed by atoms with Crippen LogP contribution in [0.5, 0.6) is 0 Å². The Labute approximate surface area is 140 Å². The summed E-state index contributed by atoms with van der Waals surface area (Å²) in [5.41, 5.74) is 2.09. The van der Waals surface area contributed by atoms with E-state index in [1.807, 2.05) is 35.7 Å². The van der Waals surface area contributed by atoms with E-state index in [9.17, 15) is 9.90 Å². The van der Waals surface area contributed by atoms with Crippen LogP contribution in [0, 0.1) is 0 Å². The average molecular weight is 333 g/mol. The SMILES string of the molecule is CC(C)c1csc(CNC(=O)NCC(O)Cc2ccccc2)n1. The summed E-state index contributed by atoms with van der Waals surface area (Å²) in [6.07, 6.45) is -0.0821. The van der Waals surface area contributed by atoms with Gasteiger partial charge in [0.05, 0.1) is 18.3 Å². The van der Waals surface area contributed by atoms with Gasteiger partial charge in [-0.3, -0.25) is 0 Å². The Morgan fingerprint density at radius 2 is 2.00 bits per heavy atom. The third-order valence-corrected chi connectivity index (χ3v) is 4.24. The van der Waals surface area contributed by atoms with Gasteiger partial charge in [-0.15, -0.1) is 11.3 Å². The number of carbonyl (C=O) groups is 1. The maximum absolute atomic E-state index is 11.8. The van der Waals surface area contributed by atoms with Gasteiger partial charge in [-0.05, 0) is 11.5 Å². The van der Waals surface area contributed by atoms with Crippen molar-refractivity contribution in [2.45, 2.75) is 38.8 Å². The molecule has 1 aromatic carbocycles. The predicted molar refractivity (Wildman–Crippen MR) is 92.6 cm³/mol. The fourth-order valence-corrected chi connectivity index (χ4v) is 2.95. The van der Waals surface area contributed by atoms with Crippen LogP contribution in [-0.4, -0.2) is 28.8 Å². The summed E-state index contributed by atoms with van der Waals surface area (Å²) in [5, 5.41) is 18.3. The number of rotatable bonds is 7. The molecule has 2 amide bonds. The quantitative estimate of drug-likeness (QED) is 0.729. The highest BCUT2D eigenvalue weighted by molar-refractivity contribution is 7.09. The van der Waals surface area contributed by atoms with Crippen LogP contribution >= 0.6 is 11.3 Å². The molecule has 1 aromatic heterocycles. The summed E-state index contributed by atoms with van der Waals surface area (Å²) in [6.45, 7) is 4.80. The topological polar surface area (TPSA) is 74.2 Å². The Kier molecular flexibility index (Phi) is 6.55. The third kappa shape index (κ3) is 6.00. The zero-order valence-corrected chi connectivity index (χ0v) is 14.3. The Bertz CT molecular complexity index is 613. The number of hydrogen-bond acceptors (Lipinski definition) is 4. The number of nitrogens with one attached hydrogen (secondary N) is 2. The lowest BCUT2D eigenvalue weighted by Crippen LogP contribution is -2.39. The van der Waals surface area contributed by atoms with Gasteiger partial charge in [0.15, 0.2) is 0 Å². The number of thiazole rings is 1. The number of aliphatic hydroxyl groups is 1. The molecule has 1 atom stereocenters. The van der Waals surface area contributed by atoms with E-state index in [2.05, 4.69) is 29.5 Å². The second-order valence-electron chi connectivity index (χ2n) is 5.73. The second-order valence-corrected chi connectivity index (χ2v) is 6.67. The van der Waals surface area contributed by atoms with Crippen LogP contribution in [0.15, 0.2) is 35.7 Å². The Balaban J connectivity index is 1.68. The summed E-state index contributed by atoms with van der Waals surface area (Å²) >= 11 is 1.54. The van der Waals surface area contributed by atoms with Crippen molar-refractivity contribution in [3.63, 3.8) is 0 Å². The van der Waals surface area contributed by atoms with Crippen LogP contribution in [0.25, 0.3) is 0 Å². The van der Waals surface area contributed by atoms with Crippen molar-refractivity contribution in [3.8, 4) is 0 Å². The predicted octanol–water partition coefficient (Wildman–Crippen LogP) is 2.67. The highest BCUT2D eigenvalue weighted by atomic mass is 32.1. The molecule has 124 valence electrons. The van der Waals surface area contributed by atoms with Crippen LogP contribution in [-0.2, 0) is 13.0 Å². The lowest BCUT2D eigenvalue weighted by atomic mass is 10.1. The van der Waals surface area contributed by atoms with E-state index in [-0.39, 0.29) is 12.6 Å². The minimum atomic E-state index is -0.601. The number of benzene rings is 1. The number of amides is 2. The van der Waals surface area contributed by atoms with Gasteiger partial charge in [0.2, 0.25) is 0 Å². The number of carbonyl (C=O) groups excluding carboxylic acids is 1. The molecule has 0 fully saturated rings. The van der Waals surface area contributed by atoms with E-state index in [4.69, 9.17) is 0 Å². The first-order chi connectivity index (χ1) is 11.0. The van der Waals surface area contributed by atoms with Gasteiger partial charge in [-0.1, -0.05) is 44.2 Å². The molecule has 5 nitrogen and oxygen atoms in total. The summed E-state index contributed by atoms with van der Waals surface area (Å²) < 4.78 is 0. The molecule has 0 aliphatic rings. The number of hydrogen-bond donors (Lipinski definition) is 3. The van der Waals surface area contributed by atoms with Gasteiger partial charge >= 0.3 is 6.03 Å². The number of aromatic nitrogens is 1. The molecule has 2 rings (SSSR count). The van der Waals surface area contributed by atoms with Crippen molar-refractivity contribution in [1.29, 1.82) is 0 Å². The van der Waals surface area contributed by atoms with Crippen LogP contribution in [0.1, 0.15) is 36.0 Å². The number of nitrogens with zero attached hydrogens (tertiary/aromatic N) is 1. The molecular formula is C17H23N3O2S. The van der Waals surface area contributed by atoms with Crippen molar-refractivity contribution >= 4 is 17.4 Å². The van der Waals surface area contributed by atoms with E-state index < -0.39 is 6.10 Å². The van der Waals surface area contributed by atoms with E-state index >= 15 is 0 Å². The summed E-state index contributed by atoms with van der Waals surface area (Å²) in [4.78, 5) is 16.2. The third-order valence-electron chi connectivity index (χ3n) is 3.37. The molecule has 3 N–H and O–H groups in total. The van der Waals surface area contributed by atoms with Gasteiger partial charge in [-0.25, -0.2) is 9.78 Å². The largest absolute Gasteiger partial charge is 0.391 e. The minimum Gasteiger partial charge on any atom is -0.391 e. The standard InChI is InChI=1S/C17H23N3O2S/c1-12(2)15-11-23-16(20-15)10-19-17(22)18-9-14(21)8-13-6-4-3-5-7-13/h3-7,11-12,14,21H,8-10H2,1-2H3,(H2,18,19,22). The molecule has 0 saturated heterocycles. The molecule has 0 aliphatic heterocycles. The lowest BCUT2D eigenvalue weighted by Gasteiger charge is -2.12. The summed E-state index contributed by atoms with van der Waals surface area (Å²) in [6, 6.07) is 9.42. The fourth-order valence-electron chi connectivity index (χ4n) is 2.06. The Morgan fingerprint density at radius 1 is 1.26 bits per heavy atom. The Morgan fingerprint density at radius 3 is 2.65 bits per heavy atom. The molecule has 2 aromatic rings. The van der Waals surface area contributed by atoms with Gasteiger partial charge in [0.25, 0.3) is 0 Å². The van der Waals surface area contributed by atoms with Crippen molar-refractivity contribution in [1.82, 2.24) is 15.6 Å². The first-order valence-electron chi connectivity index (χ1n) is 7.72. The fraction of sp³-hybridized carbons (Fsp3) is 0.412.